The van der Waals surface area contributed by atoms with E-state index in [1.54, 1.807) is 0 Å². The van der Waals surface area contributed by atoms with Gasteiger partial charge < -0.3 is 4.55 Å². The Morgan fingerprint density at radius 3 is 1.78 bits per heavy atom. The number of nitrogens with zero attached hydrogens (tertiary/aromatic N) is 2. The van der Waals surface area contributed by atoms with Crippen LogP contribution in [0.5, 0.6) is 0 Å². The number of hydrogen-bond donors (Lipinski definition) is 0. The van der Waals surface area contributed by atoms with Crippen LogP contribution in [0, 0.1) is 0 Å². The Kier molecular flexibility index (Phi) is 14.6. The zero-order chi connectivity index (χ0) is 22.5. The van der Waals surface area contributed by atoms with Crippen LogP contribution >= 0.6 is 0 Å². The van der Waals surface area contributed by atoms with Gasteiger partial charge in [0.15, 0.2) is 0 Å². The molecule has 1 aliphatic rings. The molecular weight excluding hydrogens is 435 g/mol. The van der Waals surface area contributed by atoms with Crippen molar-refractivity contribution in [2.45, 2.75) is 108 Å². The molecule has 1 aliphatic heterocycles. The van der Waals surface area contributed by atoms with Gasteiger partial charge in [-0.2, -0.15) is 5.10 Å². The second kappa shape index (κ2) is 16.0. The van der Waals surface area contributed by atoms with E-state index >= 15 is 0 Å². The minimum atomic E-state index is -4.49. The number of anilines is 1. The van der Waals surface area contributed by atoms with Crippen LogP contribution < -0.4 is 34.6 Å². The number of carbonyl (C=O) groups excluding carboxylic acids is 1. The SMILES string of the molecule is CCCCCCCCCCCCCCCC1=NN(c2ccc(S(=O)(=O)[O-])cc2)C(=O)C1.[Na+]. The predicted octanol–water partition coefficient (Wildman–Crippen LogP) is 3.17. The van der Waals surface area contributed by atoms with Gasteiger partial charge in [0.05, 0.1) is 17.0 Å². The van der Waals surface area contributed by atoms with Crippen molar-refractivity contribution in [2.24, 2.45) is 5.10 Å². The molecule has 8 heteroatoms. The van der Waals surface area contributed by atoms with E-state index in [0.29, 0.717) is 12.1 Å². The number of benzene rings is 1. The maximum Gasteiger partial charge on any atom is 1.00 e. The summed E-state index contributed by atoms with van der Waals surface area (Å²) in [5, 5.41) is 5.70. The molecule has 0 radical (unpaired) electrons. The molecule has 0 atom stereocenters. The first kappa shape index (κ1) is 29.3. The second-order valence-electron chi connectivity index (χ2n) is 8.49. The number of hydrogen-bond acceptors (Lipinski definition) is 5. The fourth-order valence-corrected chi connectivity index (χ4v) is 4.39. The molecule has 0 aromatic heterocycles. The van der Waals surface area contributed by atoms with E-state index < -0.39 is 10.1 Å². The van der Waals surface area contributed by atoms with Gasteiger partial charge in [0.2, 0.25) is 0 Å². The van der Waals surface area contributed by atoms with Gasteiger partial charge in [0.25, 0.3) is 5.91 Å². The number of amides is 1. The molecule has 0 fully saturated rings. The normalized spacial score (nSPS) is 13.9. The third-order valence-corrected chi connectivity index (χ3v) is 6.62. The molecular formula is C24H37N2NaO4S. The molecule has 1 heterocycles. The van der Waals surface area contributed by atoms with Crippen LogP contribution in [-0.2, 0) is 14.9 Å². The van der Waals surface area contributed by atoms with Crippen molar-refractivity contribution in [1.29, 1.82) is 0 Å². The second-order valence-corrected chi connectivity index (χ2v) is 9.87. The summed E-state index contributed by atoms with van der Waals surface area (Å²) >= 11 is 0. The average Bonchev–Trinajstić information content (AvgIpc) is 3.11. The summed E-state index contributed by atoms with van der Waals surface area (Å²) in [6.07, 6.45) is 18.1. The van der Waals surface area contributed by atoms with Gasteiger partial charge in [0.1, 0.15) is 10.1 Å². The zero-order valence-electron chi connectivity index (χ0n) is 19.9. The average molecular weight is 473 g/mol. The third kappa shape index (κ3) is 10.9. The Morgan fingerprint density at radius 1 is 0.844 bits per heavy atom. The van der Waals surface area contributed by atoms with Crippen LogP contribution in [0.25, 0.3) is 0 Å². The number of carbonyl (C=O) groups is 1. The number of unbranched alkanes of at least 4 members (excludes halogenated alkanes) is 12. The van der Waals surface area contributed by atoms with E-state index in [-0.39, 0.29) is 40.4 Å². The molecule has 0 saturated heterocycles. The summed E-state index contributed by atoms with van der Waals surface area (Å²) in [4.78, 5) is 11.9. The number of rotatable bonds is 16. The van der Waals surface area contributed by atoms with Crippen LogP contribution in [-0.4, -0.2) is 24.6 Å². The Labute approximate surface area is 216 Å². The smallest absolute Gasteiger partial charge is 0.744 e. The monoisotopic (exact) mass is 472 g/mol. The Hall–Kier alpha value is -0.730. The molecule has 2 rings (SSSR count). The third-order valence-electron chi connectivity index (χ3n) is 5.77. The van der Waals surface area contributed by atoms with E-state index in [0.717, 1.165) is 25.0 Å². The molecule has 0 N–H and O–H groups in total. The van der Waals surface area contributed by atoms with Crippen LogP contribution in [0.4, 0.5) is 5.69 Å². The van der Waals surface area contributed by atoms with Gasteiger partial charge >= 0.3 is 29.6 Å². The van der Waals surface area contributed by atoms with Crippen molar-refractivity contribution in [1.82, 2.24) is 0 Å². The Balaban J connectivity index is 0.00000512. The molecule has 32 heavy (non-hydrogen) atoms. The van der Waals surface area contributed by atoms with E-state index in [2.05, 4.69) is 12.0 Å². The largest absolute Gasteiger partial charge is 1.00 e. The Bertz CT molecular complexity index is 810. The van der Waals surface area contributed by atoms with Crippen LogP contribution in [0.2, 0.25) is 0 Å². The minimum absolute atomic E-state index is 0. The molecule has 1 aromatic carbocycles. The van der Waals surface area contributed by atoms with Gasteiger partial charge in [-0.05, 0) is 37.1 Å². The summed E-state index contributed by atoms with van der Waals surface area (Å²) in [5.41, 5.74) is 1.35. The summed E-state index contributed by atoms with van der Waals surface area (Å²) in [5.74, 6) is -0.123. The molecule has 174 valence electrons. The van der Waals surface area contributed by atoms with Gasteiger partial charge in [-0.15, -0.1) is 0 Å². The van der Waals surface area contributed by atoms with Crippen molar-refractivity contribution in [3.8, 4) is 0 Å². The first-order valence-corrected chi connectivity index (χ1v) is 13.3. The standard InChI is InChI=1S/C24H38N2O4S.Na/c1-2-3-4-5-6-7-8-9-10-11-12-13-14-15-21-20-24(27)26(25-21)22-16-18-23(19-17-22)31(28,29)30;/h16-19H,2-15,20H2,1H3,(H,28,29,30);/q;+1/p-1. The van der Waals surface area contributed by atoms with Gasteiger partial charge in [-0.25, -0.2) is 13.4 Å². The summed E-state index contributed by atoms with van der Waals surface area (Å²) in [6, 6.07) is 5.32. The summed E-state index contributed by atoms with van der Waals surface area (Å²) in [6.45, 7) is 2.25. The summed E-state index contributed by atoms with van der Waals surface area (Å²) < 4.78 is 33.1. The molecule has 0 spiro atoms. The maximum absolute atomic E-state index is 12.2. The molecule has 1 amide bonds. The van der Waals surface area contributed by atoms with Crippen LogP contribution in [0.3, 0.4) is 0 Å². The minimum Gasteiger partial charge on any atom is -0.744 e. The van der Waals surface area contributed by atoms with Crippen molar-refractivity contribution < 1.29 is 47.3 Å². The zero-order valence-corrected chi connectivity index (χ0v) is 22.7. The van der Waals surface area contributed by atoms with Crippen LogP contribution in [0.1, 0.15) is 103 Å². The predicted molar refractivity (Wildman–Crippen MR) is 124 cm³/mol. The molecule has 1 aromatic rings. The van der Waals surface area contributed by atoms with E-state index in [4.69, 9.17) is 0 Å². The van der Waals surface area contributed by atoms with Crippen molar-refractivity contribution in [3.63, 3.8) is 0 Å². The topological polar surface area (TPSA) is 89.9 Å². The Morgan fingerprint density at radius 2 is 1.31 bits per heavy atom. The van der Waals surface area contributed by atoms with E-state index in [9.17, 15) is 17.8 Å². The van der Waals surface area contributed by atoms with Crippen molar-refractivity contribution in [2.75, 3.05) is 5.01 Å². The summed E-state index contributed by atoms with van der Waals surface area (Å²) in [7, 11) is -4.49. The quantitative estimate of drug-likeness (QED) is 0.210. The molecule has 6 nitrogen and oxygen atoms in total. The van der Waals surface area contributed by atoms with Crippen LogP contribution in [0.15, 0.2) is 34.3 Å². The van der Waals surface area contributed by atoms with E-state index in [1.165, 1.54) is 99.9 Å². The fraction of sp³-hybridized carbons (Fsp3) is 0.667. The van der Waals surface area contributed by atoms with Crippen molar-refractivity contribution >= 4 is 27.4 Å². The maximum atomic E-state index is 12.2. The van der Waals surface area contributed by atoms with Crippen molar-refractivity contribution in [3.05, 3.63) is 24.3 Å². The molecule has 0 saturated carbocycles. The van der Waals surface area contributed by atoms with Gasteiger partial charge in [-0.1, -0.05) is 84.0 Å². The molecule has 0 unspecified atom stereocenters. The van der Waals surface area contributed by atoms with Gasteiger partial charge in [0, 0.05) is 5.71 Å². The number of hydrazone groups is 1. The fourth-order valence-electron chi connectivity index (χ4n) is 3.92. The molecule has 0 bridgehead atoms. The first-order chi connectivity index (χ1) is 14.9. The van der Waals surface area contributed by atoms with Gasteiger partial charge in [-0.3, -0.25) is 4.79 Å². The first-order valence-electron chi connectivity index (χ1n) is 11.9. The van der Waals surface area contributed by atoms with E-state index in [1.807, 2.05) is 0 Å². The molecule has 0 aliphatic carbocycles.